The highest BCUT2D eigenvalue weighted by Crippen LogP contribution is 2.41. The third kappa shape index (κ3) is 2.77. The van der Waals surface area contributed by atoms with E-state index in [4.69, 9.17) is 20.8 Å². The second-order valence-electron chi connectivity index (χ2n) is 5.94. The van der Waals surface area contributed by atoms with Crippen molar-refractivity contribution in [1.82, 2.24) is 4.90 Å². The molecular formula is C19H18ClNO3. The maximum atomic E-state index is 10.4. The summed E-state index contributed by atoms with van der Waals surface area (Å²) in [7, 11) is 0. The highest BCUT2D eigenvalue weighted by molar-refractivity contribution is 6.38. The molecule has 0 amide bonds. The molecule has 24 heavy (non-hydrogen) atoms. The molecule has 1 fully saturated rings. The molecule has 2 heterocycles. The number of phenolic OH excluding ortho intramolecular Hbond substituents is 1. The van der Waals surface area contributed by atoms with Gasteiger partial charge in [0.25, 0.3) is 0 Å². The number of nitrogens with zero attached hydrogens (tertiary/aromatic N) is 1. The standard InChI is InChI=1S/C19H18ClNO3/c20-18-17-14(12-21-8-10-23-11-9-21)15(22)6-7-16(17)24-19(18)13-4-2-1-3-5-13/h1-7,22H,8-12H2. The highest BCUT2D eigenvalue weighted by atomic mass is 35.5. The van der Waals surface area contributed by atoms with Gasteiger partial charge < -0.3 is 14.3 Å². The fourth-order valence-electron chi connectivity index (χ4n) is 3.13. The van der Waals surface area contributed by atoms with Crippen LogP contribution in [0.5, 0.6) is 5.75 Å². The van der Waals surface area contributed by atoms with E-state index < -0.39 is 0 Å². The summed E-state index contributed by atoms with van der Waals surface area (Å²) >= 11 is 6.64. The van der Waals surface area contributed by atoms with Crippen molar-refractivity contribution in [2.45, 2.75) is 6.54 Å². The molecule has 1 saturated heterocycles. The Hall–Kier alpha value is -2.01. The second-order valence-corrected chi connectivity index (χ2v) is 6.31. The minimum Gasteiger partial charge on any atom is -0.508 e. The van der Waals surface area contributed by atoms with Crippen LogP contribution in [-0.4, -0.2) is 36.3 Å². The van der Waals surface area contributed by atoms with Crippen molar-refractivity contribution in [3.8, 4) is 17.1 Å². The Labute approximate surface area is 145 Å². The zero-order chi connectivity index (χ0) is 16.5. The van der Waals surface area contributed by atoms with Crippen LogP contribution in [0.2, 0.25) is 5.02 Å². The van der Waals surface area contributed by atoms with E-state index in [1.807, 2.05) is 30.3 Å². The number of hydrogen-bond acceptors (Lipinski definition) is 4. The van der Waals surface area contributed by atoms with Gasteiger partial charge in [-0.25, -0.2) is 0 Å². The Morgan fingerprint density at radius 1 is 1.04 bits per heavy atom. The molecule has 0 aliphatic carbocycles. The molecule has 0 spiro atoms. The number of ether oxygens (including phenoxy) is 1. The molecule has 3 aromatic rings. The summed E-state index contributed by atoms with van der Waals surface area (Å²) in [5.41, 5.74) is 2.43. The number of benzene rings is 2. The number of fused-ring (bicyclic) bond motifs is 1. The first-order valence-electron chi connectivity index (χ1n) is 8.02. The lowest BCUT2D eigenvalue weighted by Gasteiger charge is -2.27. The predicted molar refractivity (Wildman–Crippen MR) is 94.4 cm³/mol. The number of rotatable bonds is 3. The van der Waals surface area contributed by atoms with Gasteiger partial charge in [0.15, 0.2) is 5.76 Å². The van der Waals surface area contributed by atoms with Crippen molar-refractivity contribution in [2.24, 2.45) is 0 Å². The first-order chi connectivity index (χ1) is 11.7. The van der Waals surface area contributed by atoms with Gasteiger partial charge in [-0.15, -0.1) is 0 Å². The topological polar surface area (TPSA) is 45.8 Å². The van der Waals surface area contributed by atoms with E-state index in [2.05, 4.69) is 4.90 Å². The van der Waals surface area contributed by atoms with Gasteiger partial charge in [-0.3, -0.25) is 4.90 Å². The van der Waals surface area contributed by atoms with Gasteiger partial charge in [0.05, 0.1) is 18.2 Å². The maximum absolute atomic E-state index is 10.4. The van der Waals surface area contributed by atoms with Crippen LogP contribution >= 0.6 is 11.6 Å². The molecule has 1 aliphatic rings. The number of aromatic hydroxyl groups is 1. The van der Waals surface area contributed by atoms with Gasteiger partial charge >= 0.3 is 0 Å². The summed E-state index contributed by atoms with van der Waals surface area (Å²) in [4.78, 5) is 2.25. The number of halogens is 1. The van der Waals surface area contributed by atoms with Crippen molar-refractivity contribution in [2.75, 3.05) is 26.3 Å². The van der Waals surface area contributed by atoms with E-state index in [0.717, 1.165) is 29.6 Å². The molecule has 0 radical (unpaired) electrons. The fraction of sp³-hybridized carbons (Fsp3) is 0.263. The van der Waals surface area contributed by atoms with Crippen molar-refractivity contribution in [1.29, 1.82) is 0 Å². The summed E-state index contributed by atoms with van der Waals surface area (Å²) in [5.74, 6) is 0.886. The van der Waals surface area contributed by atoms with Crippen LogP contribution in [0.3, 0.4) is 0 Å². The molecule has 2 aromatic carbocycles. The van der Waals surface area contributed by atoms with E-state index in [1.54, 1.807) is 12.1 Å². The summed E-state index contributed by atoms with van der Waals surface area (Å²) in [6, 6.07) is 13.2. The zero-order valence-electron chi connectivity index (χ0n) is 13.2. The second kappa shape index (κ2) is 6.48. The van der Waals surface area contributed by atoms with Gasteiger partial charge in [-0.05, 0) is 12.1 Å². The van der Waals surface area contributed by atoms with E-state index in [9.17, 15) is 5.11 Å². The Morgan fingerprint density at radius 2 is 1.79 bits per heavy atom. The van der Waals surface area contributed by atoms with E-state index >= 15 is 0 Å². The SMILES string of the molecule is Oc1ccc2oc(-c3ccccc3)c(Cl)c2c1CN1CCOCC1. The largest absolute Gasteiger partial charge is 0.508 e. The van der Waals surface area contributed by atoms with E-state index in [1.165, 1.54) is 0 Å². The van der Waals surface area contributed by atoms with Crippen molar-refractivity contribution in [3.05, 3.63) is 53.1 Å². The Bertz CT molecular complexity index is 854. The van der Waals surface area contributed by atoms with E-state index in [-0.39, 0.29) is 5.75 Å². The first kappa shape index (κ1) is 15.5. The molecule has 0 atom stereocenters. The number of morpholine rings is 1. The summed E-state index contributed by atoms with van der Waals surface area (Å²) in [6.45, 7) is 3.74. The fourth-order valence-corrected chi connectivity index (χ4v) is 3.48. The van der Waals surface area contributed by atoms with Crippen LogP contribution in [0.1, 0.15) is 5.56 Å². The molecule has 0 bridgehead atoms. The van der Waals surface area contributed by atoms with Crippen LogP contribution in [0, 0.1) is 0 Å². The van der Waals surface area contributed by atoms with Crippen LogP contribution in [-0.2, 0) is 11.3 Å². The molecule has 0 saturated carbocycles. The van der Waals surface area contributed by atoms with Gasteiger partial charge in [-0.2, -0.15) is 0 Å². The molecule has 1 aromatic heterocycles. The molecule has 4 nitrogen and oxygen atoms in total. The number of hydrogen-bond donors (Lipinski definition) is 1. The van der Waals surface area contributed by atoms with Gasteiger partial charge in [0, 0.05) is 36.1 Å². The van der Waals surface area contributed by atoms with Crippen molar-refractivity contribution < 1.29 is 14.3 Å². The van der Waals surface area contributed by atoms with Crippen LogP contribution < -0.4 is 0 Å². The van der Waals surface area contributed by atoms with Crippen LogP contribution in [0.15, 0.2) is 46.9 Å². The highest BCUT2D eigenvalue weighted by Gasteiger charge is 2.21. The average Bonchev–Trinajstić information content (AvgIpc) is 2.96. The molecule has 124 valence electrons. The predicted octanol–water partition coefficient (Wildman–Crippen LogP) is 4.29. The summed E-state index contributed by atoms with van der Waals surface area (Å²) < 4.78 is 11.4. The van der Waals surface area contributed by atoms with Crippen LogP contribution in [0.25, 0.3) is 22.3 Å². The number of phenols is 1. The molecule has 4 rings (SSSR count). The smallest absolute Gasteiger partial charge is 0.154 e. The lowest BCUT2D eigenvalue weighted by atomic mass is 10.1. The molecule has 1 N–H and O–H groups in total. The minimum absolute atomic E-state index is 0.247. The minimum atomic E-state index is 0.247. The third-order valence-corrected chi connectivity index (χ3v) is 4.76. The van der Waals surface area contributed by atoms with Crippen LogP contribution in [0.4, 0.5) is 0 Å². The maximum Gasteiger partial charge on any atom is 0.154 e. The summed E-state index contributed by atoms with van der Waals surface area (Å²) in [6.07, 6.45) is 0. The third-order valence-electron chi connectivity index (χ3n) is 4.40. The number of furan rings is 1. The monoisotopic (exact) mass is 343 g/mol. The lowest BCUT2D eigenvalue weighted by molar-refractivity contribution is 0.0341. The van der Waals surface area contributed by atoms with Crippen molar-refractivity contribution in [3.63, 3.8) is 0 Å². The molecular weight excluding hydrogens is 326 g/mol. The lowest BCUT2D eigenvalue weighted by Crippen LogP contribution is -2.35. The van der Waals surface area contributed by atoms with Crippen molar-refractivity contribution >= 4 is 22.6 Å². The Kier molecular flexibility index (Phi) is 4.19. The Balaban J connectivity index is 1.81. The Morgan fingerprint density at radius 3 is 2.54 bits per heavy atom. The van der Waals surface area contributed by atoms with Gasteiger partial charge in [0.1, 0.15) is 11.3 Å². The normalized spacial score (nSPS) is 15.9. The molecule has 1 aliphatic heterocycles. The van der Waals surface area contributed by atoms with Gasteiger partial charge in [0.2, 0.25) is 0 Å². The zero-order valence-corrected chi connectivity index (χ0v) is 13.9. The molecule has 0 unspecified atom stereocenters. The quantitative estimate of drug-likeness (QED) is 0.770. The first-order valence-corrected chi connectivity index (χ1v) is 8.40. The average molecular weight is 344 g/mol. The van der Waals surface area contributed by atoms with E-state index in [0.29, 0.717) is 36.1 Å². The van der Waals surface area contributed by atoms with Gasteiger partial charge in [-0.1, -0.05) is 41.9 Å². The molecule has 5 heteroatoms. The summed E-state index contributed by atoms with van der Waals surface area (Å²) in [5, 5.41) is 11.7.